The Morgan fingerprint density at radius 3 is 2.32 bits per heavy atom. The predicted octanol–water partition coefficient (Wildman–Crippen LogP) is 3.46. The molecule has 0 aliphatic carbocycles. The van der Waals surface area contributed by atoms with Crippen molar-refractivity contribution in [2.75, 3.05) is 38.8 Å². The number of aliphatic hydroxyl groups excluding tert-OH is 1. The molecule has 44 heavy (non-hydrogen) atoms. The third-order valence-corrected chi connectivity index (χ3v) is 9.06. The Balaban J connectivity index is 1.54. The van der Waals surface area contributed by atoms with Crippen LogP contribution in [0.3, 0.4) is 0 Å². The number of nitrogens with one attached hydrogen (secondary N) is 1. The number of anilines is 1. The molecule has 2 amide bonds. The van der Waals surface area contributed by atoms with Crippen LogP contribution in [-0.4, -0.2) is 81.9 Å². The molecular weight excluding hydrogens is 586 g/mol. The van der Waals surface area contributed by atoms with Gasteiger partial charge in [-0.2, -0.15) is 4.31 Å². The number of sulfonamides is 1. The number of amides is 2. The third-order valence-electron chi connectivity index (χ3n) is 7.22. The van der Waals surface area contributed by atoms with Gasteiger partial charge in [0, 0.05) is 19.2 Å². The third kappa shape index (κ3) is 8.07. The number of cyclic esters (lactones) is 1. The molecule has 4 rings (SSSR count). The largest absolute Gasteiger partial charge is 0.497 e. The van der Waals surface area contributed by atoms with Crippen molar-refractivity contribution >= 4 is 27.7 Å². The van der Waals surface area contributed by atoms with Gasteiger partial charge in [-0.1, -0.05) is 50.2 Å². The number of hydrogen-bond acceptors (Lipinski definition) is 8. The summed E-state index contributed by atoms with van der Waals surface area (Å²) in [7, 11) is -0.990. The molecule has 236 valence electrons. The molecule has 1 heterocycles. The number of ether oxygens (including phenoxy) is 3. The van der Waals surface area contributed by atoms with Crippen LogP contribution in [0.25, 0.3) is 0 Å². The number of benzene rings is 3. The van der Waals surface area contributed by atoms with Crippen LogP contribution in [0.2, 0.25) is 0 Å². The van der Waals surface area contributed by atoms with E-state index >= 15 is 0 Å². The van der Waals surface area contributed by atoms with Gasteiger partial charge in [-0.3, -0.25) is 9.69 Å². The van der Waals surface area contributed by atoms with E-state index in [9.17, 15) is 23.1 Å². The minimum atomic E-state index is -4.00. The summed E-state index contributed by atoms with van der Waals surface area (Å²) < 4.78 is 44.4. The Morgan fingerprint density at radius 2 is 1.68 bits per heavy atom. The summed E-state index contributed by atoms with van der Waals surface area (Å²) in [5.41, 5.74) is 1.34. The fourth-order valence-corrected chi connectivity index (χ4v) is 6.55. The molecule has 0 spiro atoms. The number of carbonyl (C=O) groups is 2. The van der Waals surface area contributed by atoms with Gasteiger partial charge in [-0.25, -0.2) is 13.2 Å². The average Bonchev–Trinajstić information content (AvgIpc) is 3.42. The summed E-state index contributed by atoms with van der Waals surface area (Å²) in [6.07, 6.45) is -2.91. The fourth-order valence-electron chi connectivity index (χ4n) is 4.93. The number of carbonyl (C=O) groups excluding carboxylic acids is 2. The number of methoxy groups -OCH3 is 2. The summed E-state index contributed by atoms with van der Waals surface area (Å²) >= 11 is 0. The van der Waals surface area contributed by atoms with Gasteiger partial charge in [-0.15, -0.1) is 0 Å². The van der Waals surface area contributed by atoms with Gasteiger partial charge < -0.3 is 24.6 Å². The lowest BCUT2D eigenvalue weighted by molar-refractivity contribution is -0.129. The summed E-state index contributed by atoms with van der Waals surface area (Å²) in [5, 5.41) is 14.3. The second-order valence-electron chi connectivity index (χ2n) is 10.9. The molecule has 3 aromatic carbocycles. The van der Waals surface area contributed by atoms with E-state index in [4.69, 9.17) is 14.2 Å². The molecule has 0 aromatic heterocycles. The minimum absolute atomic E-state index is 0.0436. The molecule has 1 fully saturated rings. The molecule has 0 unspecified atom stereocenters. The van der Waals surface area contributed by atoms with Crippen molar-refractivity contribution in [3.8, 4) is 11.5 Å². The Hall–Kier alpha value is -4.13. The van der Waals surface area contributed by atoms with E-state index < -0.39 is 40.3 Å². The van der Waals surface area contributed by atoms with Crippen molar-refractivity contribution in [2.45, 2.75) is 43.4 Å². The fraction of sp³-hybridized carbons (Fsp3) is 0.375. The molecule has 2 N–H and O–H groups in total. The first-order valence-electron chi connectivity index (χ1n) is 14.3. The van der Waals surface area contributed by atoms with Crippen LogP contribution in [0.5, 0.6) is 11.5 Å². The van der Waals surface area contributed by atoms with E-state index in [0.717, 1.165) is 5.56 Å². The van der Waals surface area contributed by atoms with Crippen LogP contribution in [0.1, 0.15) is 19.4 Å². The van der Waals surface area contributed by atoms with Gasteiger partial charge >= 0.3 is 6.09 Å². The minimum Gasteiger partial charge on any atom is -0.497 e. The smallest absolute Gasteiger partial charge is 0.415 e. The highest BCUT2D eigenvalue weighted by Gasteiger charge is 2.39. The summed E-state index contributed by atoms with van der Waals surface area (Å²) in [6.45, 7) is 3.60. The number of nitrogens with zero attached hydrogens (tertiary/aromatic N) is 2. The highest BCUT2D eigenvalue weighted by Crippen LogP contribution is 2.26. The quantitative estimate of drug-likeness (QED) is 0.278. The normalized spacial score (nSPS) is 16.5. The van der Waals surface area contributed by atoms with Gasteiger partial charge in [0.2, 0.25) is 10.0 Å². The van der Waals surface area contributed by atoms with Gasteiger partial charge in [0.15, 0.2) is 6.10 Å². The Morgan fingerprint density at radius 1 is 1.00 bits per heavy atom. The van der Waals surface area contributed by atoms with E-state index in [2.05, 4.69) is 5.32 Å². The zero-order chi connectivity index (χ0) is 31.9. The zero-order valence-corrected chi connectivity index (χ0v) is 26.1. The van der Waals surface area contributed by atoms with Crippen molar-refractivity contribution in [1.82, 2.24) is 9.62 Å². The molecule has 0 bridgehead atoms. The first-order chi connectivity index (χ1) is 21.0. The topological polar surface area (TPSA) is 135 Å². The standard InChI is InChI=1S/C32H39N3O8S/c1-22(2)19-34(44(39,40)27-15-13-25(41-3)14-16-27)20-29(36)28(17-23-9-6-5-7-10-23)33-31(37)30-21-35(32(38)43-30)24-11-8-12-26(18-24)42-4/h5-16,18,22,28-30,36H,17,19-21H2,1-4H3,(H,33,37)/t28-,29-,30-/m0/s1. The molecule has 0 saturated carbocycles. The summed E-state index contributed by atoms with van der Waals surface area (Å²) in [4.78, 5) is 27.5. The van der Waals surface area contributed by atoms with E-state index in [1.54, 1.807) is 36.4 Å². The van der Waals surface area contributed by atoms with Crippen LogP contribution < -0.4 is 19.7 Å². The van der Waals surface area contributed by atoms with Crippen molar-refractivity contribution in [3.05, 3.63) is 84.4 Å². The van der Waals surface area contributed by atoms with Crippen molar-refractivity contribution in [3.63, 3.8) is 0 Å². The molecule has 11 nitrogen and oxygen atoms in total. The SMILES string of the molecule is COc1ccc(S(=O)(=O)N(CC(C)C)C[C@H](O)[C@H](Cc2ccccc2)NC(=O)[C@@H]2CN(c3cccc(OC)c3)C(=O)O2)cc1. The van der Waals surface area contributed by atoms with Gasteiger partial charge in [0.05, 0.1) is 43.5 Å². The van der Waals surface area contributed by atoms with Crippen LogP contribution in [0, 0.1) is 5.92 Å². The molecule has 1 saturated heterocycles. The highest BCUT2D eigenvalue weighted by atomic mass is 32.2. The van der Waals surface area contributed by atoms with Crippen molar-refractivity contribution < 1.29 is 37.3 Å². The molecule has 12 heteroatoms. The van der Waals surface area contributed by atoms with Crippen LogP contribution in [0.15, 0.2) is 83.8 Å². The monoisotopic (exact) mass is 625 g/mol. The molecule has 1 aliphatic rings. The number of hydrogen-bond donors (Lipinski definition) is 2. The second-order valence-corrected chi connectivity index (χ2v) is 12.9. The maximum absolute atomic E-state index is 13.7. The first kappa shape index (κ1) is 32.8. The summed E-state index contributed by atoms with van der Waals surface area (Å²) in [6, 6.07) is 21.2. The second kappa shape index (κ2) is 14.6. The molecule has 3 aromatic rings. The maximum atomic E-state index is 13.7. The van der Waals surface area contributed by atoms with Gasteiger partial charge in [-0.05, 0) is 54.3 Å². The zero-order valence-electron chi connectivity index (χ0n) is 25.3. The van der Waals surface area contributed by atoms with E-state index in [0.29, 0.717) is 17.2 Å². The molecular formula is C32H39N3O8S. The number of aliphatic hydroxyl groups is 1. The van der Waals surface area contributed by atoms with Crippen LogP contribution in [-0.2, 0) is 26.0 Å². The Labute approximate surface area is 258 Å². The van der Waals surface area contributed by atoms with Crippen molar-refractivity contribution in [1.29, 1.82) is 0 Å². The van der Waals surface area contributed by atoms with E-state index in [1.807, 2.05) is 44.2 Å². The highest BCUT2D eigenvalue weighted by molar-refractivity contribution is 7.89. The van der Waals surface area contributed by atoms with Crippen LogP contribution >= 0.6 is 0 Å². The summed E-state index contributed by atoms with van der Waals surface area (Å²) in [5.74, 6) is 0.419. The van der Waals surface area contributed by atoms with Crippen LogP contribution in [0.4, 0.5) is 10.5 Å². The van der Waals surface area contributed by atoms with Gasteiger partial charge in [0.25, 0.3) is 5.91 Å². The molecule has 0 radical (unpaired) electrons. The molecule has 3 atom stereocenters. The number of rotatable bonds is 14. The average molecular weight is 626 g/mol. The lowest BCUT2D eigenvalue weighted by atomic mass is 10.0. The van der Waals surface area contributed by atoms with Crippen molar-refractivity contribution in [2.24, 2.45) is 5.92 Å². The Kier molecular flexibility index (Phi) is 10.8. The van der Waals surface area contributed by atoms with E-state index in [-0.39, 0.29) is 36.9 Å². The Bertz CT molecular complexity index is 1520. The maximum Gasteiger partial charge on any atom is 0.415 e. The molecule has 1 aliphatic heterocycles. The van der Waals surface area contributed by atoms with Gasteiger partial charge in [0.1, 0.15) is 11.5 Å². The lowest BCUT2D eigenvalue weighted by Crippen LogP contribution is -2.53. The lowest BCUT2D eigenvalue weighted by Gasteiger charge is -2.31. The predicted molar refractivity (Wildman–Crippen MR) is 165 cm³/mol. The first-order valence-corrected chi connectivity index (χ1v) is 15.7. The van der Waals surface area contributed by atoms with E-state index in [1.165, 1.54) is 35.6 Å².